The number of aliphatic hydroxyl groups is 1. The molecule has 0 saturated heterocycles. The number of aromatic nitrogens is 1. The summed E-state index contributed by atoms with van der Waals surface area (Å²) < 4.78 is 16.6. The van der Waals surface area contributed by atoms with Crippen LogP contribution >= 0.6 is 23.7 Å². The summed E-state index contributed by atoms with van der Waals surface area (Å²) in [5.74, 6) is 2.12. The molecule has 2 aromatic carbocycles. The van der Waals surface area contributed by atoms with Crippen LogP contribution in [-0.4, -0.2) is 30.4 Å². The number of thiazole rings is 1. The van der Waals surface area contributed by atoms with Gasteiger partial charge in [0.25, 0.3) is 0 Å². The van der Waals surface area contributed by atoms with Gasteiger partial charge in [0.15, 0.2) is 11.5 Å². The maximum absolute atomic E-state index is 8.92. The highest BCUT2D eigenvalue weighted by Crippen LogP contribution is 2.30. The minimum Gasteiger partial charge on any atom is -0.493 e. The van der Waals surface area contributed by atoms with Crippen molar-refractivity contribution >= 4 is 23.7 Å². The Balaban J connectivity index is 0.00000320. The number of nitrogens with zero attached hydrogens (tertiary/aromatic N) is 1. The van der Waals surface area contributed by atoms with Crippen LogP contribution in [0.5, 0.6) is 17.2 Å². The summed E-state index contributed by atoms with van der Waals surface area (Å²) in [6.07, 6.45) is 0. The topological polar surface area (TPSA) is 72.8 Å². The molecular weight excluding hydrogens is 424 g/mol. The van der Waals surface area contributed by atoms with E-state index in [-0.39, 0.29) is 31.7 Å². The van der Waals surface area contributed by atoms with Gasteiger partial charge >= 0.3 is 0 Å². The summed E-state index contributed by atoms with van der Waals surface area (Å²) in [6, 6.07) is 14.0. The summed E-state index contributed by atoms with van der Waals surface area (Å²) in [5.41, 5.74) is 5.02. The molecule has 3 aromatic rings. The number of ether oxygens (including phenoxy) is 3. The molecule has 2 N–H and O–H groups in total. The highest BCUT2D eigenvalue weighted by atomic mass is 35.5. The molecule has 1 atom stereocenters. The van der Waals surface area contributed by atoms with E-state index in [9.17, 15) is 0 Å². The van der Waals surface area contributed by atoms with E-state index in [0.29, 0.717) is 18.1 Å². The van der Waals surface area contributed by atoms with Gasteiger partial charge in [0, 0.05) is 18.0 Å². The maximum Gasteiger partial charge on any atom is 0.161 e. The summed E-state index contributed by atoms with van der Waals surface area (Å²) >= 11 is 1.57. The average molecular weight is 451 g/mol. The normalized spacial score (nSPS) is 11.4. The fourth-order valence-electron chi connectivity index (χ4n) is 2.79. The SMILES string of the molecule is COc1cc(C(C)NCc2ccc(OCc3cscn3)cc2)ccc1OCCO.Cl. The molecule has 0 saturated carbocycles. The third-order valence-corrected chi connectivity index (χ3v) is 5.08. The molecule has 0 fully saturated rings. The molecule has 8 heteroatoms. The average Bonchev–Trinajstić information content (AvgIpc) is 3.29. The lowest BCUT2D eigenvalue weighted by atomic mass is 10.1. The van der Waals surface area contributed by atoms with Crippen LogP contribution in [0.15, 0.2) is 53.4 Å². The zero-order chi connectivity index (χ0) is 20.5. The van der Waals surface area contributed by atoms with E-state index in [2.05, 4.69) is 29.4 Å². The number of nitrogens with one attached hydrogen (secondary N) is 1. The van der Waals surface area contributed by atoms with E-state index in [1.54, 1.807) is 24.0 Å². The minimum atomic E-state index is -0.0302. The van der Waals surface area contributed by atoms with Gasteiger partial charge in [-0.2, -0.15) is 0 Å². The van der Waals surface area contributed by atoms with Crippen LogP contribution in [0.2, 0.25) is 0 Å². The van der Waals surface area contributed by atoms with Crippen molar-refractivity contribution in [1.82, 2.24) is 10.3 Å². The van der Waals surface area contributed by atoms with Gasteiger partial charge in [-0.3, -0.25) is 0 Å². The van der Waals surface area contributed by atoms with Gasteiger partial charge < -0.3 is 24.6 Å². The van der Waals surface area contributed by atoms with Gasteiger partial charge in [-0.1, -0.05) is 18.2 Å². The molecule has 0 radical (unpaired) electrons. The Morgan fingerprint density at radius 1 is 1.10 bits per heavy atom. The van der Waals surface area contributed by atoms with E-state index in [0.717, 1.165) is 23.6 Å². The third kappa shape index (κ3) is 6.88. The Hall–Kier alpha value is -2.32. The molecule has 3 rings (SSSR count). The molecule has 0 aliphatic carbocycles. The predicted octanol–water partition coefficient (Wildman–Crippen LogP) is 4.37. The molecule has 0 bridgehead atoms. The molecule has 0 amide bonds. The van der Waals surface area contributed by atoms with Crippen molar-refractivity contribution in [3.05, 3.63) is 70.2 Å². The van der Waals surface area contributed by atoms with E-state index < -0.39 is 0 Å². The number of hydrogen-bond acceptors (Lipinski definition) is 7. The Bertz CT molecular complexity index is 875. The second kappa shape index (κ2) is 12.4. The second-order valence-electron chi connectivity index (χ2n) is 6.50. The van der Waals surface area contributed by atoms with Crippen LogP contribution in [0.1, 0.15) is 29.8 Å². The Morgan fingerprint density at radius 3 is 2.57 bits per heavy atom. The van der Waals surface area contributed by atoms with Crippen molar-refractivity contribution in [1.29, 1.82) is 0 Å². The van der Waals surface area contributed by atoms with Crippen LogP contribution < -0.4 is 19.5 Å². The Labute approximate surface area is 187 Å². The number of methoxy groups -OCH3 is 1. The van der Waals surface area contributed by atoms with Crippen molar-refractivity contribution in [3.63, 3.8) is 0 Å². The Kier molecular flexibility index (Phi) is 9.89. The quantitative estimate of drug-likeness (QED) is 0.452. The molecule has 30 heavy (non-hydrogen) atoms. The molecular formula is C22H27ClN2O4S. The summed E-state index contributed by atoms with van der Waals surface area (Å²) in [7, 11) is 1.61. The lowest BCUT2D eigenvalue weighted by Gasteiger charge is -2.17. The first-order chi connectivity index (χ1) is 14.2. The minimum absolute atomic E-state index is 0. The van der Waals surface area contributed by atoms with E-state index in [1.807, 2.05) is 35.7 Å². The molecule has 0 aliphatic rings. The van der Waals surface area contributed by atoms with Gasteiger partial charge in [0.1, 0.15) is 19.0 Å². The smallest absolute Gasteiger partial charge is 0.161 e. The molecule has 162 valence electrons. The van der Waals surface area contributed by atoms with Gasteiger partial charge in [0.05, 0.1) is 24.9 Å². The molecule has 6 nitrogen and oxygen atoms in total. The van der Waals surface area contributed by atoms with Gasteiger partial charge in [-0.15, -0.1) is 23.7 Å². The van der Waals surface area contributed by atoms with Crippen molar-refractivity contribution in [2.24, 2.45) is 0 Å². The fraction of sp³-hybridized carbons (Fsp3) is 0.318. The van der Waals surface area contributed by atoms with Crippen LogP contribution in [0.25, 0.3) is 0 Å². The first-order valence-electron chi connectivity index (χ1n) is 9.43. The zero-order valence-corrected chi connectivity index (χ0v) is 18.7. The number of hydrogen-bond donors (Lipinski definition) is 2. The largest absolute Gasteiger partial charge is 0.493 e. The maximum atomic E-state index is 8.92. The van der Waals surface area contributed by atoms with Crippen molar-refractivity contribution in [2.75, 3.05) is 20.3 Å². The lowest BCUT2D eigenvalue weighted by molar-refractivity contribution is 0.196. The third-order valence-electron chi connectivity index (χ3n) is 4.44. The lowest BCUT2D eigenvalue weighted by Crippen LogP contribution is -2.18. The number of benzene rings is 2. The summed E-state index contributed by atoms with van der Waals surface area (Å²) in [4.78, 5) is 4.21. The van der Waals surface area contributed by atoms with E-state index in [4.69, 9.17) is 19.3 Å². The number of rotatable bonds is 11. The summed E-state index contributed by atoms with van der Waals surface area (Å²) in [5, 5.41) is 14.4. The second-order valence-corrected chi connectivity index (χ2v) is 7.22. The van der Waals surface area contributed by atoms with Crippen molar-refractivity contribution < 1.29 is 19.3 Å². The van der Waals surface area contributed by atoms with Crippen molar-refractivity contribution in [3.8, 4) is 17.2 Å². The van der Waals surface area contributed by atoms with Crippen LogP contribution in [-0.2, 0) is 13.2 Å². The standard InChI is InChI=1S/C22H26N2O4S.ClH/c1-16(18-5-8-21(27-10-9-25)22(11-18)26-2)23-12-17-3-6-20(7-4-17)28-13-19-14-29-15-24-19;/h3-8,11,14-16,23,25H,9-10,12-13H2,1-2H3;1H. The number of aliphatic hydroxyl groups excluding tert-OH is 1. The van der Waals surface area contributed by atoms with Gasteiger partial charge in [-0.05, 0) is 42.3 Å². The predicted molar refractivity (Wildman–Crippen MR) is 121 cm³/mol. The van der Waals surface area contributed by atoms with Gasteiger partial charge in [-0.25, -0.2) is 4.98 Å². The molecule has 0 spiro atoms. The zero-order valence-electron chi connectivity index (χ0n) is 17.0. The molecule has 1 aromatic heterocycles. The first kappa shape index (κ1) is 24.0. The molecule has 0 aliphatic heterocycles. The number of halogens is 1. The highest BCUT2D eigenvalue weighted by Gasteiger charge is 2.11. The van der Waals surface area contributed by atoms with Crippen LogP contribution in [0.4, 0.5) is 0 Å². The van der Waals surface area contributed by atoms with Crippen LogP contribution in [0.3, 0.4) is 0 Å². The molecule has 1 heterocycles. The molecule has 1 unspecified atom stereocenters. The van der Waals surface area contributed by atoms with Crippen molar-refractivity contribution in [2.45, 2.75) is 26.1 Å². The summed E-state index contributed by atoms with van der Waals surface area (Å²) in [6.45, 7) is 3.54. The van der Waals surface area contributed by atoms with Gasteiger partial charge in [0.2, 0.25) is 0 Å². The fourth-order valence-corrected chi connectivity index (χ4v) is 3.33. The highest BCUT2D eigenvalue weighted by molar-refractivity contribution is 7.07. The first-order valence-corrected chi connectivity index (χ1v) is 10.4. The van der Waals surface area contributed by atoms with E-state index in [1.165, 1.54) is 5.56 Å². The van der Waals surface area contributed by atoms with E-state index >= 15 is 0 Å². The van der Waals surface area contributed by atoms with Crippen LogP contribution in [0, 0.1) is 0 Å². The Morgan fingerprint density at radius 2 is 1.90 bits per heavy atom. The monoisotopic (exact) mass is 450 g/mol.